The molecule has 1 fully saturated rings. The number of furan rings is 1. The average molecular weight is 439 g/mol. The molecule has 0 spiro atoms. The molecule has 1 aromatic heterocycles. The quantitative estimate of drug-likeness (QED) is 0.270. The number of benzene rings is 1. The molecule has 1 aliphatic rings. The standard InChI is InChI=1S/C18H15ClN2O5S2/c1-10(2)20-17(22)16(28-18(20)27)8-12-4-5-13(26-12)9-25-15-6-3-11(19)7-14(15)21(23)24/h3-8,10H,9H2,1-2H3. The number of thiocarbonyl (C=S) groups is 1. The summed E-state index contributed by atoms with van der Waals surface area (Å²) in [5.74, 6) is 0.851. The molecule has 3 rings (SSSR count). The third kappa shape index (κ3) is 4.37. The van der Waals surface area contributed by atoms with Crippen LogP contribution < -0.4 is 4.74 Å². The number of carbonyl (C=O) groups is 1. The highest BCUT2D eigenvalue weighted by molar-refractivity contribution is 8.26. The molecule has 0 atom stereocenters. The van der Waals surface area contributed by atoms with E-state index >= 15 is 0 Å². The normalized spacial score (nSPS) is 15.7. The molecular formula is C18H15ClN2O5S2. The van der Waals surface area contributed by atoms with Crippen LogP contribution in [0.4, 0.5) is 5.69 Å². The van der Waals surface area contributed by atoms with Gasteiger partial charge in [0.1, 0.15) is 22.4 Å². The Morgan fingerprint density at radius 1 is 1.39 bits per heavy atom. The lowest BCUT2D eigenvalue weighted by Crippen LogP contribution is -2.34. The summed E-state index contributed by atoms with van der Waals surface area (Å²) < 4.78 is 11.7. The van der Waals surface area contributed by atoms with Crippen molar-refractivity contribution in [2.24, 2.45) is 0 Å². The van der Waals surface area contributed by atoms with E-state index in [1.165, 1.54) is 30.0 Å². The topological polar surface area (TPSA) is 85.8 Å². The van der Waals surface area contributed by atoms with Crippen LogP contribution in [0, 0.1) is 10.1 Å². The van der Waals surface area contributed by atoms with Gasteiger partial charge in [-0.05, 0) is 38.1 Å². The number of hydrogen-bond donors (Lipinski definition) is 0. The van der Waals surface area contributed by atoms with Gasteiger partial charge in [-0.15, -0.1) is 0 Å². The zero-order valence-electron chi connectivity index (χ0n) is 14.9. The van der Waals surface area contributed by atoms with Crippen LogP contribution in [0.5, 0.6) is 5.75 Å². The predicted octanol–water partition coefficient (Wildman–Crippen LogP) is 5.03. The lowest BCUT2D eigenvalue weighted by molar-refractivity contribution is -0.385. The number of nitro groups is 1. The van der Waals surface area contributed by atoms with Crippen LogP contribution in [-0.4, -0.2) is 26.1 Å². The fourth-order valence-corrected chi connectivity index (χ4v) is 4.18. The molecule has 1 saturated heterocycles. The maximum atomic E-state index is 12.4. The van der Waals surface area contributed by atoms with Crippen LogP contribution in [0.25, 0.3) is 6.08 Å². The fraction of sp³-hybridized carbons (Fsp3) is 0.222. The van der Waals surface area contributed by atoms with Crippen LogP contribution in [0.1, 0.15) is 25.4 Å². The van der Waals surface area contributed by atoms with Gasteiger partial charge in [0.25, 0.3) is 5.91 Å². The van der Waals surface area contributed by atoms with E-state index < -0.39 is 4.92 Å². The Labute approximate surface area is 175 Å². The van der Waals surface area contributed by atoms with Gasteiger partial charge in [-0.25, -0.2) is 0 Å². The molecule has 0 bridgehead atoms. The monoisotopic (exact) mass is 438 g/mol. The van der Waals surface area contributed by atoms with Crippen molar-refractivity contribution in [1.82, 2.24) is 4.90 Å². The van der Waals surface area contributed by atoms with Gasteiger partial charge in [-0.3, -0.25) is 19.8 Å². The summed E-state index contributed by atoms with van der Waals surface area (Å²) in [6.45, 7) is 3.78. The number of ether oxygens (including phenoxy) is 1. The summed E-state index contributed by atoms with van der Waals surface area (Å²) in [5.41, 5.74) is -0.225. The van der Waals surface area contributed by atoms with Crippen LogP contribution in [0.3, 0.4) is 0 Å². The molecule has 0 radical (unpaired) electrons. The van der Waals surface area contributed by atoms with Crippen molar-refractivity contribution in [2.45, 2.75) is 26.5 Å². The molecule has 146 valence electrons. The zero-order chi connectivity index (χ0) is 20.4. The highest BCUT2D eigenvalue weighted by atomic mass is 35.5. The Balaban J connectivity index is 1.71. The minimum absolute atomic E-state index is 0.0106. The number of thioether (sulfide) groups is 1. The number of halogens is 1. The van der Waals surface area contributed by atoms with Gasteiger partial charge < -0.3 is 9.15 Å². The van der Waals surface area contributed by atoms with Gasteiger partial charge in [0.05, 0.1) is 9.83 Å². The minimum atomic E-state index is -0.564. The maximum absolute atomic E-state index is 12.4. The summed E-state index contributed by atoms with van der Waals surface area (Å²) in [4.78, 5) is 25.0. The van der Waals surface area contributed by atoms with Crippen LogP contribution in [-0.2, 0) is 11.4 Å². The molecule has 10 heteroatoms. The predicted molar refractivity (Wildman–Crippen MR) is 111 cm³/mol. The van der Waals surface area contributed by atoms with E-state index in [1.54, 1.807) is 23.1 Å². The second-order valence-corrected chi connectivity index (χ2v) is 8.22. The average Bonchev–Trinajstić information content (AvgIpc) is 3.18. The number of carbonyl (C=O) groups excluding carboxylic acids is 1. The third-order valence-electron chi connectivity index (χ3n) is 3.78. The van der Waals surface area contributed by atoms with E-state index in [0.29, 0.717) is 20.7 Å². The lowest BCUT2D eigenvalue weighted by Gasteiger charge is -2.18. The molecule has 0 aliphatic carbocycles. The van der Waals surface area contributed by atoms with Crippen molar-refractivity contribution in [2.75, 3.05) is 0 Å². The highest BCUT2D eigenvalue weighted by Crippen LogP contribution is 2.34. The summed E-state index contributed by atoms with van der Waals surface area (Å²) in [6, 6.07) is 7.51. The first kappa shape index (κ1) is 20.4. The van der Waals surface area contributed by atoms with Crippen molar-refractivity contribution in [3.05, 3.63) is 61.9 Å². The maximum Gasteiger partial charge on any atom is 0.312 e. The second-order valence-electron chi connectivity index (χ2n) is 6.11. The molecule has 1 amide bonds. The van der Waals surface area contributed by atoms with E-state index in [-0.39, 0.29) is 35.0 Å². The Kier molecular flexibility index (Phi) is 6.07. The zero-order valence-corrected chi connectivity index (χ0v) is 17.3. The Bertz CT molecular complexity index is 986. The van der Waals surface area contributed by atoms with E-state index in [2.05, 4.69) is 0 Å². The van der Waals surface area contributed by atoms with Crippen LogP contribution >= 0.6 is 35.6 Å². The molecule has 2 aromatic rings. The number of nitro benzene ring substituents is 1. The van der Waals surface area contributed by atoms with Gasteiger partial charge in [0.15, 0.2) is 5.75 Å². The minimum Gasteiger partial charge on any atom is -0.479 e. The van der Waals surface area contributed by atoms with Crippen molar-refractivity contribution in [3.63, 3.8) is 0 Å². The first-order valence-electron chi connectivity index (χ1n) is 8.19. The molecule has 1 aliphatic heterocycles. The fourth-order valence-electron chi connectivity index (χ4n) is 2.51. The number of rotatable bonds is 6. The number of amides is 1. The summed E-state index contributed by atoms with van der Waals surface area (Å²) in [7, 11) is 0. The van der Waals surface area contributed by atoms with Gasteiger partial charge in [0.2, 0.25) is 0 Å². The molecule has 7 nitrogen and oxygen atoms in total. The first-order chi connectivity index (χ1) is 13.3. The molecule has 0 N–H and O–H groups in total. The van der Waals surface area contributed by atoms with Gasteiger partial charge in [-0.2, -0.15) is 0 Å². The van der Waals surface area contributed by atoms with E-state index in [9.17, 15) is 14.9 Å². The third-order valence-corrected chi connectivity index (χ3v) is 5.35. The second kappa shape index (κ2) is 8.34. The van der Waals surface area contributed by atoms with E-state index in [0.717, 1.165) is 0 Å². The molecule has 1 aromatic carbocycles. The van der Waals surface area contributed by atoms with Gasteiger partial charge >= 0.3 is 5.69 Å². The van der Waals surface area contributed by atoms with Crippen molar-refractivity contribution < 1.29 is 18.9 Å². The highest BCUT2D eigenvalue weighted by Gasteiger charge is 2.33. The van der Waals surface area contributed by atoms with Crippen molar-refractivity contribution in [3.8, 4) is 5.75 Å². The van der Waals surface area contributed by atoms with E-state index in [1.807, 2.05) is 13.8 Å². The lowest BCUT2D eigenvalue weighted by atomic mass is 10.3. The van der Waals surface area contributed by atoms with Crippen LogP contribution in [0.2, 0.25) is 5.02 Å². The Morgan fingerprint density at radius 2 is 2.14 bits per heavy atom. The molecule has 2 heterocycles. The summed E-state index contributed by atoms with van der Waals surface area (Å²) >= 11 is 12.3. The first-order valence-corrected chi connectivity index (χ1v) is 9.79. The smallest absolute Gasteiger partial charge is 0.312 e. The number of hydrogen-bond acceptors (Lipinski definition) is 7. The van der Waals surface area contributed by atoms with Crippen LogP contribution in [0.15, 0.2) is 39.7 Å². The summed E-state index contributed by atoms with van der Waals surface area (Å²) in [6.07, 6.45) is 1.62. The van der Waals surface area contributed by atoms with Gasteiger partial charge in [0, 0.05) is 23.2 Å². The van der Waals surface area contributed by atoms with E-state index in [4.69, 9.17) is 33.0 Å². The van der Waals surface area contributed by atoms with Gasteiger partial charge in [-0.1, -0.05) is 35.6 Å². The summed E-state index contributed by atoms with van der Waals surface area (Å²) in [5, 5.41) is 11.3. The SMILES string of the molecule is CC(C)N1C(=O)C(=Cc2ccc(COc3ccc(Cl)cc3[N+](=O)[O-])o2)SC1=S. The van der Waals surface area contributed by atoms with Crippen molar-refractivity contribution in [1.29, 1.82) is 0 Å². The molecule has 0 unspecified atom stereocenters. The number of nitrogens with zero attached hydrogens (tertiary/aromatic N) is 2. The Hall–Kier alpha value is -2.36. The molecular weight excluding hydrogens is 424 g/mol. The molecule has 0 saturated carbocycles. The molecule has 28 heavy (non-hydrogen) atoms. The van der Waals surface area contributed by atoms with Crippen molar-refractivity contribution >= 4 is 57.6 Å². The largest absolute Gasteiger partial charge is 0.479 e. The Morgan fingerprint density at radius 3 is 2.79 bits per heavy atom.